The quantitative estimate of drug-likeness (QED) is 0.543. The van der Waals surface area contributed by atoms with Gasteiger partial charge in [0.05, 0.1) is 21.8 Å². The summed E-state index contributed by atoms with van der Waals surface area (Å²) in [6.07, 6.45) is 5.07. The molecule has 4 aliphatic carbocycles. The van der Waals surface area contributed by atoms with E-state index in [0.717, 1.165) is 21.5 Å². The first-order valence-corrected chi connectivity index (χ1v) is 13.2. The Morgan fingerprint density at radius 1 is 1.22 bits per heavy atom. The summed E-state index contributed by atoms with van der Waals surface area (Å²) in [5, 5.41) is 4.08. The predicted octanol–water partition coefficient (Wildman–Crippen LogP) is 3.35. The number of oxazole rings is 1. The van der Waals surface area contributed by atoms with Crippen LogP contribution in [0.25, 0.3) is 10.2 Å². The molecule has 0 spiro atoms. The zero-order chi connectivity index (χ0) is 22.5. The summed E-state index contributed by atoms with van der Waals surface area (Å²) >= 11 is 7.67. The second-order valence-electron chi connectivity index (χ2n) is 9.30. The zero-order valence-electron chi connectivity index (χ0n) is 17.0. The third-order valence-electron chi connectivity index (χ3n) is 7.08. The summed E-state index contributed by atoms with van der Waals surface area (Å²) in [4.78, 5) is 34.1. The fourth-order valence-electron chi connectivity index (χ4n) is 5.12. The number of hydrogen-bond donors (Lipinski definition) is 1. The van der Waals surface area contributed by atoms with Gasteiger partial charge >= 0.3 is 0 Å². The Hall–Kier alpha value is -2.30. The van der Waals surface area contributed by atoms with Gasteiger partial charge in [-0.1, -0.05) is 11.6 Å². The van der Waals surface area contributed by atoms with Crippen molar-refractivity contribution in [2.45, 2.75) is 42.3 Å². The van der Waals surface area contributed by atoms with E-state index in [9.17, 15) is 18.0 Å². The molecule has 4 fully saturated rings. The summed E-state index contributed by atoms with van der Waals surface area (Å²) in [6, 6.07) is 5.60. The molecule has 11 heteroatoms. The number of fused-ring (bicyclic) bond motifs is 1. The fourth-order valence-corrected chi connectivity index (χ4v) is 7.81. The first kappa shape index (κ1) is 20.3. The van der Waals surface area contributed by atoms with Gasteiger partial charge in [0, 0.05) is 16.7 Å². The number of nitrogens with one attached hydrogen (secondary N) is 1. The van der Waals surface area contributed by atoms with E-state index in [0.29, 0.717) is 37.1 Å². The Labute approximate surface area is 192 Å². The molecule has 32 heavy (non-hydrogen) atoms. The minimum atomic E-state index is -3.40. The minimum Gasteiger partial charge on any atom is -0.434 e. The van der Waals surface area contributed by atoms with E-state index >= 15 is 0 Å². The second-order valence-corrected chi connectivity index (χ2v) is 13.1. The molecule has 4 saturated carbocycles. The second kappa shape index (κ2) is 6.18. The number of sulfone groups is 1. The number of hydrogen-bond acceptors (Lipinski definition) is 8. The molecular weight excluding hydrogens is 474 g/mol. The lowest BCUT2D eigenvalue weighted by Crippen LogP contribution is -2.70. The smallest absolute Gasteiger partial charge is 0.295 e. The van der Waals surface area contributed by atoms with Crippen LogP contribution in [0, 0.1) is 5.41 Å². The van der Waals surface area contributed by atoms with Gasteiger partial charge in [-0.25, -0.2) is 18.4 Å². The van der Waals surface area contributed by atoms with Crippen LogP contribution in [0.3, 0.4) is 0 Å². The van der Waals surface area contributed by atoms with Crippen LogP contribution in [-0.4, -0.2) is 36.5 Å². The first-order valence-electron chi connectivity index (χ1n) is 10.1. The molecule has 166 valence electrons. The number of thiazole rings is 1. The lowest BCUT2D eigenvalue weighted by molar-refractivity contribution is -0.174. The van der Waals surface area contributed by atoms with Crippen LogP contribution in [0.4, 0.5) is 0 Å². The van der Waals surface area contributed by atoms with Gasteiger partial charge in [-0.15, -0.1) is 11.3 Å². The molecule has 0 radical (unpaired) electrons. The van der Waals surface area contributed by atoms with Crippen molar-refractivity contribution in [2.24, 2.45) is 5.41 Å². The van der Waals surface area contributed by atoms with E-state index in [1.54, 1.807) is 11.3 Å². The fraction of sp³-hybridized carbons (Fsp3) is 0.429. The van der Waals surface area contributed by atoms with Crippen LogP contribution in [0.15, 0.2) is 28.8 Å². The monoisotopic (exact) mass is 491 g/mol. The van der Waals surface area contributed by atoms with Crippen LogP contribution in [-0.2, 0) is 24.8 Å². The van der Waals surface area contributed by atoms with Crippen molar-refractivity contribution in [3.05, 3.63) is 46.1 Å². The van der Waals surface area contributed by atoms with Gasteiger partial charge in [0.25, 0.3) is 5.91 Å². The van der Waals surface area contributed by atoms with Gasteiger partial charge < -0.3 is 4.42 Å². The molecule has 2 bridgehead atoms. The van der Waals surface area contributed by atoms with E-state index in [4.69, 9.17) is 21.0 Å². The molecule has 0 aliphatic heterocycles. The highest BCUT2D eigenvalue weighted by Crippen LogP contribution is 2.74. The third kappa shape index (κ3) is 2.69. The lowest BCUT2D eigenvalue weighted by Gasteiger charge is -2.68. The first-order chi connectivity index (χ1) is 15.1. The number of aromatic nitrogens is 2. The molecule has 2 amide bonds. The lowest BCUT2D eigenvalue weighted by atomic mass is 9.35. The van der Waals surface area contributed by atoms with Gasteiger partial charge in [0.2, 0.25) is 17.6 Å². The molecule has 3 aromatic rings. The number of carbonyl (C=O) groups is 2. The van der Waals surface area contributed by atoms with Crippen LogP contribution >= 0.6 is 22.9 Å². The van der Waals surface area contributed by atoms with E-state index < -0.39 is 25.9 Å². The maximum atomic E-state index is 12.8. The Morgan fingerprint density at radius 2 is 1.94 bits per heavy atom. The third-order valence-corrected chi connectivity index (χ3v) is 10.6. The van der Waals surface area contributed by atoms with E-state index in [1.807, 2.05) is 18.2 Å². The Balaban J connectivity index is 1.13. The van der Waals surface area contributed by atoms with Crippen molar-refractivity contribution in [2.75, 3.05) is 6.26 Å². The molecule has 1 aromatic carbocycles. The Morgan fingerprint density at radius 3 is 2.59 bits per heavy atom. The average molecular weight is 492 g/mol. The topological polar surface area (TPSA) is 119 Å². The maximum absolute atomic E-state index is 12.8. The molecule has 7 rings (SSSR count). The standard InChI is InChI=1S/C21H18ClN3O5S2/c1-32(28,29)21(4-5-21)17-23-7-13(30-17)15(26)25-16(27)19-8-20(9-19,10-19)18-24-12-3-2-11(22)6-14(12)31-18/h2-3,6-7H,4-5,8-10H2,1H3,(H,25,26,27). The zero-order valence-corrected chi connectivity index (χ0v) is 19.4. The summed E-state index contributed by atoms with van der Waals surface area (Å²) in [5.74, 6) is -1.19. The normalized spacial score (nSPS) is 27.4. The number of nitrogens with zero attached hydrogens (tertiary/aromatic N) is 2. The largest absolute Gasteiger partial charge is 0.434 e. The number of rotatable bonds is 5. The molecular formula is C21H18ClN3O5S2. The van der Waals surface area contributed by atoms with Gasteiger partial charge in [-0.05, 0) is 50.3 Å². The highest BCUT2D eigenvalue weighted by molar-refractivity contribution is 7.91. The van der Waals surface area contributed by atoms with Crippen molar-refractivity contribution >= 4 is 54.8 Å². The van der Waals surface area contributed by atoms with Crippen LogP contribution in [0.5, 0.6) is 0 Å². The number of imide groups is 1. The van der Waals surface area contributed by atoms with Crippen LogP contribution in [0.1, 0.15) is 53.6 Å². The van der Waals surface area contributed by atoms with E-state index in [1.165, 1.54) is 6.20 Å². The summed E-state index contributed by atoms with van der Waals surface area (Å²) in [7, 11) is -3.40. The van der Waals surface area contributed by atoms with Gasteiger partial charge in [-0.3, -0.25) is 14.9 Å². The number of halogens is 1. The average Bonchev–Trinajstić information content (AvgIpc) is 3.15. The van der Waals surface area contributed by atoms with Crippen molar-refractivity contribution in [1.29, 1.82) is 0 Å². The maximum Gasteiger partial charge on any atom is 0.295 e. The Bertz CT molecular complexity index is 1420. The van der Waals surface area contributed by atoms with Crippen LogP contribution in [0.2, 0.25) is 5.02 Å². The molecule has 8 nitrogen and oxygen atoms in total. The van der Waals surface area contributed by atoms with Crippen molar-refractivity contribution in [3.63, 3.8) is 0 Å². The van der Waals surface area contributed by atoms with Crippen molar-refractivity contribution in [1.82, 2.24) is 15.3 Å². The molecule has 2 heterocycles. The number of benzene rings is 1. The van der Waals surface area contributed by atoms with Crippen molar-refractivity contribution in [3.8, 4) is 0 Å². The van der Waals surface area contributed by atoms with Gasteiger partial charge in [0.15, 0.2) is 9.84 Å². The molecule has 0 saturated heterocycles. The Kier molecular flexibility index (Phi) is 3.92. The summed E-state index contributed by atoms with van der Waals surface area (Å²) in [6.45, 7) is 0. The number of carbonyl (C=O) groups excluding carboxylic acids is 2. The highest BCUT2D eigenvalue weighted by Gasteiger charge is 2.73. The summed E-state index contributed by atoms with van der Waals surface area (Å²) < 4.78 is 29.3. The van der Waals surface area contributed by atoms with E-state index in [2.05, 4.69) is 10.3 Å². The SMILES string of the molecule is CS(=O)(=O)C1(c2ncc(C(=O)NC(=O)C34CC(c5nc6ccc(Cl)cc6s5)(C3)C4)o2)CC1. The molecule has 2 aromatic heterocycles. The van der Waals surface area contributed by atoms with E-state index in [-0.39, 0.29) is 23.0 Å². The van der Waals surface area contributed by atoms with Crippen molar-refractivity contribution < 1.29 is 22.4 Å². The molecule has 1 N–H and O–H groups in total. The number of amides is 2. The predicted molar refractivity (Wildman–Crippen MR) is 117 cm³/mol. The molecule has 0 unspecified atom stereocenters. The molecule has 4 aliphatic rings. The minimum absolute atomic E-state index is 0.0120. The highest BCUT2D eigenvalue weighted by atomic mass is 35.5. The van der Waals surface area contributed by atoms with Gasteiger partial charge in [-0.2, -0.15) is 0 Å². The summed E-state index contributed by atoms with van der Waals surface area (Å²) in [5.41, 5.74) is 0.221. The van der Waals surface area contributed by atoms with Gasteiger partial charge in [0.1, 0.15) is 9.75 Å². The van der Waals surface area contributed by atoms with Crippen LogP contribution < -0.4 is 5.32 Å². The molecule has 0 atom stereocenters.